The lowest BCUT2D eigenvalue weighted by Crippen LogP contribution is -2.27. The number of carbonyl (C=O) groups excluding carboxylic acids is 2. The predicted octanol–water partition coefficient (Wildman–Crippen LogP) is 3.90. The van der Waals surface area contributed by atoms with Crippen molar-refractivity contribution in [1.82, 2.24) is 0 Å². The monoisotopic (exact) mass is 334 g/mol. The van der Waals surface area contributed by atoms with Gasteiger partial charge < -0.3 is 11.1 Å². The van der Waals surface area contributed by atoms with E-state index >= 15 is 0 Å². The van der Waals surface area contributed by atoms with Crippen LogP contribution in [0.3, 0.4) is 0 Å². The van der Waals surface area contributed by atoms with E-state index < -0.39 is 5.91 Å². The standard InChI is InChI=1S/C18H26N2O2S/c1-10(2)8-14(21)20-17-15(16(19)22)12-7-6-11(18(3,4)5)9-13(12)23-17/h8,11H,6-7,9H2,1-5H3,(H2,19,22)(H,20,21). The van der Waals surface area contributed by atoms with Crippen LogP contribution in [0.4, 0.5) is 5.00 Å². The van der Waals surface area contributed by atoms with Crippen molar-refractivity contribution in [3.05, 3.63) is 27.7 Å². The first kappa shape index (κ1) is 17.7. The maximum atomic E-state index is 12.0. The van der Waals surface area contributed by atoms with Crippen molar-refractivity contribution >= 4 is 28.2 Å². The molecule has 1 aromatic heterocycles. The number of fused-ring (bicyclic) bond motifs is 1. The van der Waals surface area contributed by atoms with Crippen LogP contribution in [0.2, 0.25) is 0 Å². The van der Waals surface area contributed by atoms with Crippen molar-refractivity contribution in [2.45, 2.75) is 53.9 Å². The highest BCUT2D eigenvalue weighted by Crippen LogP contribution is 2.44. The Kier molecular flexibility index (Phi) is 4.99. The summed E-state index contributed by atoms with van der Waals surface area (Å²) >= 11 is 1.50. The zero-order chi connectivity index (χ0) is 17.4. The first-order valence-electron chi connectivity index (χ1n) is 7.99. The van der Waals surface area contributed by atoms with Crippen molar-refractivity contribution in [2.75, 3.05) is 5.32 Å². The Balaban J connectivity index is 2.35. The molecule has 23 heavy (non-hydrogen) atoms. The average Bonchev–Trinajstić information content (AvgIpc) is 2.72. The second kappa shape index (κ2) is 6.48. The Morgan fingerprint density at radius 1 is 1.30 bits per heavy atom. The Hall–Kier alpha value is -1.62. The highest BCUT2D eigenvalue weighted by atomic mass is 32.1. The highest BCUT2D eigenvalue weighted by molar-refractivity contribution is 7.17. The number of allylic oxidation sites excluding steroid dienone is 1. The van der Waals surface area contributed by atoms with Gasteiger partial charge in [0.05, 0.1) is 5.56 Å². The minimum atomic E-state index is -0.454. The molecule has 4 nitrogen and oxygen atoms in total. The minimum absolute atomic E-state index is 0.210. The molecule has 0 bridgehead atoms. The molecule has 1 heterocycles. The zero-order valence-electron chi connectivity index (χ0n) is 14.6. The fourth-order valence-corrected chi connectivity index (χ4v) is 4.42. The molecule has 1 atom stereocenters. The summed E-state index contributed by atoms with van der Waals surface area (Å²) in [5, 5.41) is 3.43. The maximum absolute atomic E-state index is 12.0. The Bertz CT molecular complexity index is 661. The van der Waals surface area contributed by atoms with Crippen LogP contribution in [0.1, 0.15) is 61.8 Å². The van der Waals surface area contributed by atoms with E-state index in [-0.39, 0.29) is 11.3 Å². The third-order valence-electron chi connectivity index (χ3n) is 4.39. The molecule has 3 N–H and O–H groups in total. The van der Waals surface area contributed by atoms with Gasteiger partial charge in [-0.05, 0) is 50.0 Å². The topological polar surface area (TPSA) is 72.2 Å². The number of nitrogens with two attached hydrogens (primary N) is 1. The fourth-order valence-electron chi connectivity index (χ4n) is 3.08. The van der Waals surface area contributed by atoms with E-state index in [9.17, 15) is 9.59 Å². The van der Waals surface area contributed by atoms with E-state index in [0.717, 1.165) is 30.4 Å². The molecule has 0 saturated carbocycles. The molecule has 1 aromatic rings. The molecular formula is C18H26N2O2S. The lowest BCUT2D eigenvalue weighted by atomic mass is 9.72. The minimum Gasteiger partial charge on any atom is -0.365 e. The second-order valence-electron chi connectivity index (χ2n) is 7.59. The molecular weight excluding hydrogens is 308 g/mol. The summed E-state index contributed by atoms with van der Waals surface area (Å²) in [7, 11) is 0. The van der Waals surface area contributed by atoms with Crippen LogP contribution < -0.4 is 11.1 Å². The summed E-state index contributed by atoms with van der Waals surface area (Å²) in [6.07, 6.45) is 4.38. The smallest absolute Gasteiger partial charge is 0.251 e. The first-order chi connectivity index (χ1) is 10.6. The van der Waals surface area contributed by atoms with E-state index in [1.54, 1.807) is 0 Å². The van der Waals surface area contributed by atoms with Gasteiger partial charge in [0.15, 0.2) is 0 Å². The Morgan fingerprint density at radius 3 is 2.48 bits per heavy atom. The molecule has 126 valence electrons. The summed E-state index contributed by atoms with van der Waals surface area (Å²) in [6.45, 7) is 10.5. The van der Waals surface area contributed by atoms with Crippen LogP contribution in [0.15, 0.2) is 11.6 Å². The summed E-state index contributed by atoms with van der Waals surface area (Å²) in [4.78, 5) is 25.1. The average molecular weight is 334 g/mol. The quantitative estimate of drug-likeness (QED) is 0.823. The van der Waals surface area contributed by atoms with Crippen molar-refractivity contribution < 1.29 is 9.59 Å². The summed E-state index contributed by atoms with van der Waals surface area (Å²) in [6, 6.07) is 0. The molecule has 1 aliphatic carbocycles. The van der Waals surface area contributed by atoms with Crippen LogP contribution in [-0.4, -0.2) is 11.8 Å². The van der Waals surface area contributed by atoms with E-state index in [0.29, 0.717) is 16.5 Å². The number of primary amides is 1. The molecule has 0 radical (unpaired) electrons. The molecule has 1 aliphatic rings. The molecule has 2 rings (SSSR count). The molecule has 0 aromatic carbocycles. The van der Waals surface area contributed by atoms with Gasteiger partial charge in [-0.3, -0.25) is 9.59 Å². The van der Waals surface area contributed by atoms with Crippen LogP contribution >= 0.6 is 11.3 Å². The van der Waals surface area contributed by atoms with Gasteiger partial charge in [0.25, 0.3) is 5.91 Å². The molecule has 0 fully saturated rings. The van der Waals surface area contributed by atoms with Gasteiger partial charge in [0, 0.05) is 11.0 Å². The number of amides is 2. The van der Waals surface area contributed by atoms with Crippen LogP contribution in [-0.2, 0) is 17.6 Å². The molecule has 0 aliphatic heterocycles. The predicted molar refractivity (Wildman–Crippen MR) is 95.9 cm³/mol. The van der Waals surface area contributed by atoms with E-state index in [4.69, 9.17) is 5.73 Å². The van der Waals surface area contributed by atoms with Crippen LogP contribution in [0, 0.1) is 11.3 Å². The molecule has 0 saturated heterocycles. The SMILES string of the molecule is CC(C)=CC(=O)Nc1sc2c(c1C(N)=O)CCC(C(C)(C)C)C2. The van der Waals surface area contributed by atoms with Gasteiger partial charge in [0.2, 0.25) is 5.91 Å². The maximum Gasteiger partial charge on any atom is 0.251 e. The van der Waals surface area contributed by atoms with Crippen LogP contribution in [0.25, 0.3) is 0 Å². The first-order valence-corrected chi connectivity index (χ1v) is 8.81. The summed E-state index contributed by atoms with van der Waals surface area (Å²) in [5.41, 5.74) is 8.28. The summed E-state index contributed by atoms with van der Waals surface area (Å²) < 4.78 is 0. The number of hydrogen-bond acceptors (Lipinski definition) is 3. The zero-order valence-corrected chi connectivity index (χ0v) is 15.4. The Morgan fingerprint density at radius 2 is 1.96 bits per heavy atom. The number of nitrogens with one attached hydrogen (secondary N) is 1. The number of anilines is 1. The highest BCUT2D eigenvalue weighted by Gasteiger charge is 2.33. The largest absolute Gasteiger partial charge is 0.365 e. The van der Waals surface area contributed by atoms with Gasteiger partial charge in [-0.1, -0.05) is 26.3 Å². The van der Waals surface area contributed by atoms with Crippen molar-refractivity contribution in [2.24, 2.45) is 17.1 Å². The van der Waals surface area contributed by atoms with Gasteiger partial charge in [0.1, 0.15) is 5.00 Å². The normalized spacial score (nSPS) is 17.3. The van der Waals surface area contributed by atoms with Gasteiger partial charge >= 0.3 is 0 Å². The van der Waals surface area contributed by atoms with Crippen molar-refractivity contribution in [3.8, 4) is 0 Å². The number of rotatable bonds is 3. The van der Waals surface area contributed by atoms with Crippen molar-refractivity contribution in [3.63, 3.8) is 0 Å². The third kappa shape index (κ3) is 4.02. The lowest BCUT2D eigenvalue weighted by Gasteiger charge is -2.33. The number of thiophene rings is 1. The number of carbonyl (C=O) groups is 2. The van der Waals surface area contributed by atoms with Gasteiger partial charge in [-0.25, -0.2) is 0 Å². The van der Waals surface area contributed by atoms with E-state index in [2.05, 4.69) is 26.1 Å². The van der Waals surface area contributed by atoms with Gasteiger partial charge in [-0.2, -0.15) is 0 Å². The molecule has 1 unspecified atom stereocenters. The lowest BCUT2D eigenvalue weighted by molar-refractivity contribution is -0.111. The van der Waals surface area contributed by atoms with E-state index in [1.165, 1.54) is 22.3 Å². The fraction of sp³-hybridized carbons (Fsp3) is 0.556. The van der Waals surface area contributed by atoms with Crippen molar-refractivity contribution in [1.29, 1.82) is 0 Å². The van der Waals surface area contributed by atoms with Gasteiger partial charge in [-0.15, -0.1) is 11.3 Å². The Labute approximate surface area is 142 Å². The molecule has 5 heteroatoms. The molecule has 2 amide bonds. The summed E-state index contributed by atoms with van der Waals surface area (Å²) in [5.74, 6) is -0.0848. The third-order valence-corrected chi connectivity index (χ3v) is 5.56. The second-order valence-corrected chi connectivity index (χ2v) is 8.69. The number of hydrogen-bond donors (Lipinski definition) is 2. The van der Waals surface area contributed by atoms with Crippen LogP contribution in [0.5, 0.6) is 0 Å². The van der Waals surface area contributed by atoms with E-state index in [1.807, 2.05) is 13.8 Å². The molecule has 0 spiro atoms.